The molecule has 1 unspecified atom stereocenters. The largest absolute Gasteiger partial charge is 0.374 e. The molecule has 2 aliphatic rings. The van der Waals surface area contributed by atoms with Crippen molar-refractivity contribution in [2.45, 2.75) is 65.4 Å². The number of fused-ring (bicyclic) bond motifs is 1. The Morgan fingerprint density at radius 2 is 2.13 bits per heavy atom. The van der Waals surface area contributed by atoms with Crippen LogP contribution in [0.2, 0.25) is 0 Å². The van der Waals surface area contributed by atoms with E-state index in [1.807, 2.05) is 11.3 Å². The lowest BCUT2D eigenvalue weighted by Crippen LogP contribution is -2.46. The smallest absolute Gasteiger partial charge is 0.191 e. The molecule has 2 N–H and O–H groups in total. The second-order valence-electron chi connectivity index (χ2n) is 8.58. The zero-order valence-corrected chi connectivity index (χ0v) is 22.1. The maximum atomic E-state index is 5.93. The second-order valence-corrected chi connectivity index (χ2v) is 9.75. The van der Waals surface area contributed by atoms with E-state index in [1.54, 1.807) is 0 Å². The molecule has 0 saturated carbocycles. The minimum Gasteiger partial charge on any atom is -0.374 e. The molecule has 30 heavy (non-hydrogen) atoms. The van der Waals surface area contributed by atoms with Gasteiger partial charge in [0.05, 0.1) is 30.0 Å². The highest BCUT2D eigenvalue weighted by Crippen LogP contribution is 2.27. The number of thiazole rings is 1. The number of ether oxygens (including phenoxy) is 1. The van der Waals surface area contributed by atoms with Gasteiger partial charge in [0.1, 0.15) is 0 Å². The molecule has 8 heteroatoms. The van der Waals surface area contributed by atoms with Gasteiger partial charge in [0, 0.05) is 44.0 Å². The van der Waals surface area contributed by atoms with Crippen LogP contribution < -0.4 is 10.6 Å². The van der Waals surface area contributed by atoms with Crippen LogP contribution in [-0.4, -0.2) is 67.8 Å². The Morgan fingerprint density at radius 1 is 1.30 bits per heavy atom. The SMILES string of the molecule is CCNC(=NCC1CN(CC(C)C)CCO1)NCCCc1nc2c(s1)CCCC2.I. The summed E-state index contributed by atoms with van der Waals surface area (Å²) in [6.07, 6.45) is 7.39. The molecule has 1 aromatic rings. The van der Waals surface area contributed by atoms with Gasteiger partial charge in [0.15, 0.2) is 5.96 Å². The third-order valence-electron chi connectivity index (χ3n) is 5.39. The van der Waals surface area contributed by atoms with Gasteiger partial charge in [0.25, 0.3) is 0 Å². The summed E-state index contributed by atoms with van der Waals surface area (Å²) in [6.45, 7) is 13.1. The number of nitrogens with zero attached hydrogens (tertiary/aromatic N) is 3. The van der Waals surface area contributed by atoms with Crippen LogP contribution in [0.15, 0.2) is 4.99 Å². The Bertz CT molecular complexity index is 628. The summed E-state index contributed by atoms with van der Waals surface area (Å²) < 4.78 is 5.93. The Morgan fingerprint density at radius 3 is 2.90 bits per heavy atom. The van der Waals surface area contributed by atoms with Crippen molar-refractivity contribution in [3.63, 3.8) is 0 Å². The van der Waals surface area contributed by atoms with Crippen LogP contribution in [0.3, 0.4) is 0 Å². The monoisotopic (exact) mass is 549 g/mol. The number of aromatic nitrogens is 1. The van der Waals surface area contributed by atoms with Crippen molar-refractivity contribution in [2.75, 3.05) is 45.9 Å². The standard InChI is InChI=1S/C22H39N5OS.HI/c1-4-23-22(25-14-18-16-27(12-13-28-18)15-17(2)3)24-11-7-10-21-26-19-8-5-6-9-20(19)29-21;/h17-18H,4-16H2,1-3H3,(H2,23,24,25);1H. The van der Waals surface area contributed by atoms with E-state index in [0.29, 0.717) is 12.5 Å². The van der Waals surface area contributed by atoms with Crippen LogP contribution >= 0.6 is 35.3 Å². The topological polar surface area (TPSA) is 61.8 Å². The number of morpholine rings is 1. The highest BCUT2D eigenvalue weighted by Gasteiger charge is 2.20. The number of hydrogen-bond donors (Lipinski definition) is 2. The van der Waals surface area contributed by atoms with Crippen molar-refractivity contribution in [3.8, 4) is 0 Å². The molecule has 0 radical (unpaired) electrons. The minimum absolute atomic E-state index is 0. The number of aliphatic imine (C=N–C) groups is 1. The fourth-order valence-corrected chi connectivity index (χ4v) is 5.27. The van der Waals surface area contributed by atoms with Crippen molar-refractivity contribution in [2.24, 2.45) is 10.9 Å². The molecule has 0 amide bonds. The van der Waals surface area contributed by atoms with Crippen molar-refractivity contribution in [1.82, 2.24) is 20.5 Å². The fraction of sp³-hybridized carbons (Fsp3) is 0.818. The third-order valence-corrected chi connectivity index (χ3v) is 6.61. The van der Waals surface area contributed by atoms with Gasteiger partial charge in [-0.25, -0.2) is 4.98 Å². The lowest BCUT2D eigenvalue weighted by molar-refractivity contribution is -0.0261. The summed E-state index contributed by atoms with van der Waals surface area (Å²) in [6, 6.07) is 0. The average Bonchev–Trinajstić information content (AvgIpc) is 3.12. The first-order valence-electron chi connectivity index (χ1n) is 11.5. The van der Waals surface area contributed by atoms with E-state index >= 15 is 0 Å². The van der Waals surface area contributed by atoms with Gasteiger partial charge in [-0.15, -0.1) is 35.3 Å². The van der Waals surface area contributed by atoms with Crippen LogP contribution in [0.4, 0.5) is 0 Å². The number of halogens is 1. The molecule has 172 valence electrons. The summed E-state index contributed by atoms with van der Waals surface area (Å²) in [7, 11) is 0. The summed E-state index contributed by atoms with van der Waals surface area (Å²) in [5.41, 5.74) is 1.37. The van der Waals surface area contributed by atoms with Gasteiger partial charge in [-0.2, -0.15) is 0 Å². The van der Waals surface area contributed by atoms with Crippen molar-refractivity contribution < 1.29 is 4.74 Å². The van der Waals surface area contributed by atoms with E-state index in [1.165, 1.54) is 41.3 Å². The first kappa shape index (κ1) is 25.8. The third kappa shape index (κ3) is 8.59. The van der Waals surface area contributed by atoms with E-state index in [4.69, 9.17) is 14.7 Å². The molecule has 1 saturated heterocycles. The van der Waals surface area contributed by atoms with Gasteiger partial charge < -0.3 is 15.4 Å². The molecule has 0 spiro atoms. The van der Waals surface area contributed by atoms with E-state index in [2.05, 4.69) is 36.3 Å². The van der Waals surface area contributed by atoms with Crippen LogP contribution in [0.1, 0.15) is 55.6 Å². The highest BCUT2D eigenvalue weighted by atomic mass is 127. The molecule has 1 aliphatic heterocycles. The van der Waals surface area contributed by atoms with Gasteiger partial charge in [-0.1, -0.05) is 13.8 Å². The summed E-state index contributed by atoms with van der Waals surface area (Å²) in [5, 5.41) is 8.15. The highest BCUT2D eigenvalue weighted by molar-refractivity contribution is 14.0. The van der Waals surface area contributed by atoms with Crippen LogP contribution in [0.5, 0.6) is 0 Å². The van der Waals surface area contributed by atoms with Crippen LogP contribution in [0.25, 0.3) is 0 Å². The summed E-state index contributed by atoms with van der Waals surface area (Å²) >= 11 is 1.93. The summed E-state index contributed by atoms with van der Waals surface area (Å²) in [4.78, 5) is 13.7. The second kappa shape index (κ2) is 13.9. The number of guanidine groups is 1. The number of nitrogens with one attached hydrogen (secondary N) is 2. The van der Waals surface area contributed by atoms with Crippen molar-refractivity contribution in [1.29, 1.82) is 0 Å². The number of aryl methyl sites for hydroxylation is 3. The van der Waals surface area contributed by atoms with Gasteiger partial charge >= 0.3 is 0 Å². The molecule has 0 aromatic carbocycles. The van der Waals surface area contributed by atoms with Crippen LogP contribution in [0, 0.1) is 5.92 Å². The number of rotatable bonds is 9. The molecular formula is C22H40IN5OS. The molecule has 6 nitrogen and oxygen atoms in total. The molecule has 1 aromatic heterocycles. The molecule has 0 bridgehead atoms. The summed E-state index contributed by atoms with van der Waals surface area (Å²) in [5.74, 6) is 1.59. The van der Waals surface area contributed by atoms with E-state index in [0.717, 1.165) is 58.1 Å². The maximum Gasteiger partial charge on any atom is 0.191 e. The quantitative estimate of drug-likeness (QED) is 0.214. The maximum absolute atomic E-state index is 5.93. The Labute approximate surface area is 203 Å². The fourth-order valence-electron chi connectivity index (χ4n) is 4.07. The normalized spacial score (nSPS) is 20.0. The first-order valence-corrected chi connectivity index (χ1v) is 12.3. The first-order chi connectivity index (χ1) is 14.1. The zero-order chi connectivity index (χ0) is 20.5. The van der Waals surface area contributed by atoms with E-state index in [-0.39, 0.29) is 30.1 Å². The molecule has 1 fully saturated rings. The van der Waals surface area contributed by atoms with Crippen molar-refractivity contribution in [3.05, 3.63) is 15.6 Å². The molecular weight excluding hydrogens is 509 g/mol. The lowest BCUT2D eigenvalue weighted by Gasteiger charge is -2.33. The van der Waals surface area contributed by atoms with E-state index in [9.17, 15) is 0 Å². The predicted molar refractivity (Wildman–Crippen MR) is 137 cm³/mol. The van der Waals surface area contributed by atoms with E-state index < -0.39 is 0 Å². The van der Waals surface area contributed by atoms with Crippen LogP contribution in [-0.2, 0) is 24.0 Å². The Hall–Kier alpha value is -0.450. The van der Waals surface area contributed by atoms with Gasteiger partial charge in [-0.05, 0) is 44.9 Å². The predicted octanol–water partition coefficient (Wildman–Crippen LogP) is 3.48. The molecule has 1 atom stereocenters. The lowest BCUT2D eigenvalue weighted by atomic mass is 10.0. The zero-order valence-electron chi connectivity index (χ0n) is 18.9. The molecule has 1 aliphatic carbocycles. The minimum atomic E-state index is 0. The Balaban J connectivity index is 0.00000320. The van der Waals surface area contributed by atoms with Gasteiger partial charge in [0.2, 0.25) is 0 Å². The average molecular weight is 550 g/mol. The molecule has 3 rings (SSSR count). The van der Waals surface area contributed by atoms with Crippen molar-refractivity contribution >= 4 is 41.3 Å². The number of hydrogen-bond acceptors (Lipinski definition) is 5. The molecule has 2 heterocycles. The Kier molecular flexibility index (Phi) is 11.9. The van der Waals surface area contributed by atoms with Gasteiger partial charge in [-0.3, -0.25) is 9.89 Å².